The molecule has 2 heteroatoms. The van der Waals surface area contributed by atoms with Crippen LogP contribution < -0.4 is 5.32 Å². The number of benzene rings is 1. The lowest BCUT2D eigenvalue weighted by molar-refractivity contribution is 0.609. The number of halogens is 1. The van der Waals surface area contributed by atoms with Crippen LogP contribution in [-0.2, 0) is 6.42 Å². The molecule has 0 unspecified atom stereocenters. The first-order chi connectivity index (χ1) is 7.33. The minimum Gasteiger partial charge on any atom is -0.316 e. The van der Waals surface area contributed by atoms with E-state index in [1.54, 1.807) is 12.1 Å². The van der Waals surface area contributed by atoms with E-state index in [1.807, 2.05) is 6.07 Å². The number of hydrogen-bond donors (Lipinski definition) is 1. The highest BCUT2D eigenvalue weighted by Gasteiger charge is 1.94. The Morgan fingerprint density at radius 1 is 1.20 bits per heavy atom. The summed E-state index contributed by atoms with van der Waals surface area (Å²) in [6.07, 6.45) is 4.68. The molecule has 1 nitrogen and oxygen atoms in total. The fourth-order valence-electron chi connectivity index (χ4n) is 1.55. The Kier molecular flexibility index (Phi) is 6.02. The second kappa shape index (κ2) is 7.41. The Balaban J connectivity index is 2.10. The van der Waals surface area contributed by atoms with E-state index in [-0.39, 0.29) is 5.82 Å². The zero-order chi connectivity index (χ0) is 10.9. The van der Waals surface area contributed by atoms with Crippen molar-refractivity contribution in [2.75, 3.05) is 13.1 Å². The van der Waals surface area contributed by atoms with Crippen molar-refractivity contribution in [3.05, 3.63) is 35.6 Å². The number of unbranched alkanes of at least 4 members (excludes halogenated alkanes) is 2. The molecule has 0 aliphatic rings. The van der Waals surface area contributed by atoms with Crippen molar-refractivity contribution in [3.63, 3.8) is 0 Å². The van der Waals surface area contributed by atoms with Gasteiger partial charge in [-0.05, 0) is 43.6 Å². The van der Waals surface area contributed by atoms with Crippen LogP contribution in [0.2, 0.25) is 0 Å². The fourth-order valence-corrected chi connectivity index (χ4v) is 1.55. The van der Waals surface area contributed by atoms with Crippen molar-refractivity contribution in [1.29, 1.82) is 0 Å². The second-order valence-electron chi connectivity index (χ2n) is 3.84. The summed E-state index contributed by atoms with van der Waals surface area (Å²) in [6, 6.07) is 6.82. The number of nitrogens with one attached hydrogen (secondary N) is 1. The van der Waals surface area contributed by atoms with Crippen LogP contribution in [0.3, 0.4) is 0 Å². The minimum absolute atomic E-state index is 0.140. The lowest BCUT2D eigenvalue weighted by Gasteiger charge is -2.04. The molecule has 84 valence electrons. The first kappa shape index (κ1) is 12.2. The van der Waals surface area contributed by atoms with Gasteiger partial charge in [-0.3, -0.25) is 0 Å². The molecule has 0 atom stereocenters. The summed E-state index contributed by atoms with van der Waals surface area (Å²) in [6.45, 7) is 4.21. The average Bonchev–Trinajstić information content (AvgIpc) is 2.23. The summed E-state index contributed by atoms with van der Waals surface area (Å²) in [5.41, 5.74) is 1.07. The summed E-state index contributed by atoms with van der Waals surface area (Å²) >= 11 is 0. The molecule has 0 aliphatic carbocycles. The summed E-state index contributed by atoms with van der Waals surface area (Å²) in [5.74, 6) is -0.140. The molecule has 15 heavy (non-hydrogen) atoms. The van der Waals surface area contributed by atoms with Crippen molar-refractivity contribution >= 4 is 0 Å². The molecule has 0 amide bonds. The lowest BCUT2D eigenvalue weighted by Crippen LogP contribution is -2.18. The molecule has 0 radical (unpaired) electrons. The van der Waals surface area contributed by atoms with Crippen LogP contribution in [0, 0.1) is 5.82 Å². The van der Waals surface area contributed by atoms with Crippen molar-refractivity contribution in [2.24, 2.45) is 0 Å². The Morgan fingerprint density at radius 3 is 2.80 bits per heavy atom. The first-order valence-corrected chi connectivity index (χ1v) is 5.78. The highest BCUT2D eigenvalue weighted by molar-refractivity contribution is 5.16. The Labute approximate surface area is 91.7 Å². The predicted molar refractivity (Wildman–Crippen MR) is 62.5 cm³/mol. The largest absolute Gasteiger partial charge is 0.316 e. The molecule has 0 saturated carbocycles. The summed E-state index contributed by atoms with van der Waals surface area (Å²) in [4.78, 5) is 0. The van der Waals surface area contributed by atoms with Crippen molar-refractivity contribution in [3.8, 4) is 0 Å². The molecule has 1 aromatic rings. The highest BCUT2D eigenvalue weighted by atomic mass is 19.1. The van der Waals surface area contributed by atoms with Crippen molar-refractivity contribution in [1.82, 2.24) is 5.32 Å². The molecule has 1 rings (SSSR count). The van der Waals surface area contributed by atoms with Gasteiger partial charge in [0.05, 0.1) is 0 Å². The first-order valence-electron chi connectivity index (χ1n) is 5.78. The van der Waals surface area contributed by atoms with Gasteiger partial charge in [-0.2, -0.15) is 0 Å². The molecule has 0 fully saturated rings. The van der Waals surface area contributed by atoms with E-state index in [9.17, 15) is 4.39 Å². The van der Waals surface area contributed by atoms with E-state index in [2.05, 4.69) is 12.2 Å². The van der Waals surface area contributed by atoms with Gasteiger partial charge in [-0.1, -0.05) is 31.9 Å². The third-order valence-electron chi connectivity index (χ3n) is 2.44. The Hall–Kier alpha value is -0.890. The second-order valence-corrected chi connectivity index (χ2v) is 3.84. The SMILES string of the molecule is CCCCCNCCc1cccc(F)c1. The maximum Gasteiger partial charge on any atom is 0.123 e. The molecule has 0 heterocycles. The van der Waals surface area contributed by atoms with Gasteiger partial charge in [0.15, 0.2) is 0 Å². The summed E-state index contributed by atoms with van der Waals surface area (Å²) < 4.78 is 12.8. The average molecular weight is 209 g/mol. The van der Waals surface area contributed by atoms with E-state index in [1.165, 1.54) is 25.3 Å². The zero-order valence-electron chi connectivity index (χ0n) is 9.43. The van der Waals surface area contributed by atoms with E-state index < -0.39 is 0 Å². The maximum absolute atomic E-state index is 12.8. The molecule has 0 aromatic heterocycles. The fraction of sp³-hybridized carbons (Fsp3) is 0.538. The molecule has 1 aromatic carbocycles. The normalized spacial score (nSPS) is 10.5. The third-order valence-corrected chi connectivity index (χ3v) is 2.44. The van der Waals surface area contributed by atoms with Gasteiger partial charge in [0.1, 0.15) is 5.82 Å². The van der Waals surface area contributed by atoms with Crippen LogP contribution in [0.5, 0.6) is 0 Å². The van der Waals surface area contributed by atoms with Gasteiger partial charge < -0.3 is 5.32 Å². The Morgan fingerprint density at radius 2 is 2.07 bits per heavy atom. The zero-order valence-corrected chi connectivity index (χ0v) is 9.43. The number of hydrogen-bond acceptors (Lipinski definition) is 1. The van der Waals surface area contributed by atoms with Gasteiger partial charge in [0.2, 0.25) is 0 Å². The monoisotopic (exact) mass is 209 g/mol. The van der Waals surface area contributed by atoms with Crippen molar-refractivity contribution < 1.29 is 4.39 Å². The van der Waals surface area contributed by atoms with Gasteiger partial charge in [-0.25, -0.2) is 4.39 Å². The van der Waals surface area contributed by atoms with Crippen molar-refractivity contribution in [2.45, 2.75) is 32.6 Å². The number of rotatable bonds is 7. The highest BCUT2D eigenvalue weighted by Crippen LogP contribution is 2.03. The minimum atomic E-state index is -0.140. The molecule has 0 saturated heterocycles. The van der Waals surface area contributed by atoms with Crippen LogP contribution in [-0.4, -0.2) is 13.1 Å². The van der Waals surface area contributed by atoms with Crippen LogP contribution in [0.25, 0.3) is 0 Å². The van der Waals surface area contributed by atoms with Gasteiger partial charge in [-0.15, -0.1) is 0 Å². The van der Waals surface area contributed by atoms with Gasteiger partial charge in [0.25, 0.3) is 0 Å². The molecule has 0 aliphatic heterocycles. The maximum atomic E-state index is 12.8. The molecule has 0 bridgehead atoms. The molecule has 0 spiro atoms. The summed E-state index contributed by atoms with van der Waals surface area (Å²) in [7, 11) is 0. The van der Waals surface area contributed by atoms with Gasteiger partial charge in [0, 0.05) is 0 Å². The van der Waals surface area contributed by atoms with Crippen LogP contribution in [0.1, 0.15) is 31.7 Å². The van der Waals surface area contributed by atoms with Crippen LogP contribution in [0.15, 0.2) is 24.3 Å². The topological polar surface area (TPSA) is 12.0 Å². The van der Waals surface area contributed by atoms with Crippen LogP contribution >= 0.6 is 0 Å². The third kappa shape index (κ3) is 5.53. The van der Waals surface area contributed by atoms with E-state index in [0.717, 1.165) is 25.1 Å². The van der Waals surface area contributed by atoms with Gasteiger partial charge >= 0.3 is 0 Å². The molecule has 1 N–H and O–H groups in total. The molecular weight excluding hydrogens is 189 g/mol. The Bertz CT molecular complexity index is 273. The predicted octanol–water partition coefficient (Wildman–Crippen LogP) is 3.15. The van der Waals surface area contributed by atoms with Crippen LogP contribution in [0.4, 0.5) is 4.39 Å². The van der Waals surface area contributed by atoms with E-state index in [4.69, 9.17) is 0 Å². The summed E-state index contributed by atoms with van der Waals surface area (Å²) in [5, 5.41) is 3.37. The van der Waals surface area contributed by atoms with E-state index in [0.29, 0.717) is 0 Å². The smallest absolute Gasteiger partial charge is 0.123 e. The standard InChI is InChI=1S/C13H20FN/c1-2-3-4-9-15-10-8-12-6-5-7-13(14)11-12/h5-7,11,15H,2-4,8-10H2,1H3. The quantitative estimate of drug-likeness (QED) is 0.680. The van der Waals surface area contributed by atoms with E-state index >= 15 is 0 Å². The molecular formula is C13H20FN. The lowest BCUT2D eigenvalue weighted by atomic mass is 10.1.